The minimum Gasteiger partial charge on any atom is -0.462 e. The van der Waals surface area contributed by atoms with Gasteiger partial charge in [0.1, 0.15) is 16.9 Å². The van der Waals surface area contributed by atoms with E-state index < -0.39 is 5.97 Å². The fraction of sp³-hybridized carbons (Fsp3) is 0.261. The summed E-state index contributed by atoms with van der Waals surface area (Å²) in [6.45, 7) is 4.95. The third-order valence-electron chi connectivity index (χ3n) is 5.18. The van der Waals surface area contributed by atoms with Gasteiger partial charge in [-0.2, -0.15) is 0 Å². The van der Waals surface area contributed by atoms with Crippen molar-refractivity contribution in [2.75, 3.05) is 12.3 Å². The van der Waals surface area contributed by atoms with Crippen LogP contribution >= 0.6 is 0 Å². The molecule has 6 nitrogen and oxygen atoms in total. The van der Waals surface area contributed by atoms with Gasteiger partial charge >= 0.3 is 5.97 Å². The Morgan fingerprint density at radius 1 is 1.07 bits per heavy atom. The molecule has 0 aliphatic heterocycles. The highest BCUT2D eigenvalue weighted by atomic mass is 16.5. The molecule has 4 rings (SSSR count). The molecule has 2 aromatic carbocycles. The molecule has 0 aliphatic carbocycles. The number of nitrogens with zero attached hydrogens (tertiary/aromatic N) is 3. The normalized spacial score (nSPS) is 12.3. The van der Waals surface area contributed by atoms with Crippen molar-refractivity contribution in [1.82, 2.24) is 14.5 Å². The highest BCUT2D eigenvalue weighted by Crippen LogP contribution is 2.29. The molecule has 6 heteroatoms. The molecule has 2 heterocycles. The smallest absolute Gasteiger partial charge is 0.344 e. The molecule has 2 aromatic heterocycles. The third kappa shape index (κ3) is 3.66. The molecule has 0 radical (unpaired) electrons. The van der Waals surface area contributed by atoms with E-state index in [1.807, 2.05) is 66.1 Å². The summed E-state index contributed by atoms with van der Waals surface area (Å²) in [5.41, 5.74) is 10.3. The van der Waals surface area contributed by atoms with Crippen LogP contribution in [0.4, 0.5) is 5.82 Å². The molecule has 0 saturated carbocycles. The molecular formula is C23H24N4O2. The third-order valence-corrected chi connectivity index (χ3v) is 5.18. The molecule has 0 aliphatic rings. The van der Waals surface area contributed by atoms with Gasteiger partial charge in [0, 0.05) is 0 Å². The Labute approximate surface area is 169 Å². The molecule has 0 fully saturated rings. The monoisotopic (exact) mass is 388 g/mol. The van der Waals surface area contributed by atoms with E-state index in [9.17, 15) is 4.79 Å². The first-order valence-electron chi connectivity index (χ1n) is 9.84. The van der Waals surface area contributed by atoms with Gasteiger partial charge in [-0.15, -0.1) is 0 Å². The standard InChI is InChI=1S/C23H24N4O2/c1-3-15(2)14-29-23(28)19-20-22(26-18-12-8-7-11-17(18)25-20)27(21(19)24)13-16-9-5-4-6-10-16/h4-12,15H,3,13-14,24H2,1-2H3. The summed E-state index contributed by atoms with van der Waals surface area (Å²) in [4.78, 5) is 22.4. The fourth-order valence-electron chi connectivity index (χ4n) is 3.25. The number of carbonyl (C=O) groups excluding carboxylic acids is 1. The summed E-state index contributed by atoms with van der Waals surface area (Å²) in [5.74, 6) is 0.155. The SMILES string of the molecule is CCC(C)COC(=O)c1c(N)n(Cc2ccccc2)c2nc3ccccc3nc12. The molecule has 148 valence electrons. The van der Waals surface area contributed by atoms with Crippen LogP contribution in [0.3, 0.4) is 0 Å². The molecule has 4 aromatic rings. The van der Waals surface area contributed by atoms with Crippen LogP contribution in [0.15, 0.2) is 54.6 Å². The molecule has 1 unspecified atom stereocenters. The van der Waals surface area contributed by atoms with Crippen molar-refractivity contribution in [3.05, 3.63) is 65.7 Å². The maximum atomic E-state index is 12.9. The number of fused-ring (bicyclic) bond motifs is 2. The maximum absolute atomic E-state index is 12.9. The number of nitrogens with two attached hydrogens (primary N) is 1. The van der Waals surface area contributed by atoms with Gasteiger partial charge in [0.15, 0.2) is 5.65 Å². The molecule has 0 amide bonds. The first-order valence-corrected chi connectivity index (χ1v) is 9.84. The minimum atomic E-state index is -0.454. The highest BCUT2D eigenvalue weighted by Gasteiger charge is 2.25. The lowest BCUT2D eigenvalue weighted by Gasteiger charge is -2.10. The maximum Gasteiger partial charge on any atom is 0.344 e. The zero-order chi connectivity index (χ0) is 20.4. The van der Waals surface area contributed by atoms with Gasteiger partial charge in [-0.1, -0.05) is 62.7 Å². The van der Waals surface area contributed by atoms with E-state index in [4.69, 9.17) is 20.4 Å². The number of rotatable bonds is 6. The number of carbonyl (C=O) groups is 1. The summed E-state index contributed by atoms with van der Waals surface area (Å²) in [6.07, 6.45) is 0.934. The number of para-hydroxylation sites is 2. The van der Waals surface area contributed by atoms with Crippen molar-refractivity contribution in [2.45, 2.75) is 26.8 Å². The Bertz CT molecular complexity index is 1170. The van der Waals surface area contributed by atoms with Gasteiger partial charge in [0.2, 0.25) is 0 Å². The number of aromatic nitrogens is 3. The lowest BCUT2D eigenvalue weighted by atomic mass is 10.1. The number of hydrogen-bond acceptors (Lipinski definition) is 5. The van der Waals surface area contributed by atoms with E-state index >= 15 is 0 Å². The zero-order valence-electron chi connectivity index (χ0n) is 16.6. The van der Waals surface area contributed by atoms with E-state index in [1.165, 1.54) is 0 Å². The van der Waals surface area contributed by atoms with Crippen molar-refractivity contribution in [2.24, 2.45) is 5.92 Å². The van der Waals surface area contributed by atoms with E-state index in [-0.39, 0.29) is 11.5 Å². The van der Waals surface area contributed by atoms with Crippen molar-refractivity contribution < 1.29 is 9.53 Å². The van der Waals surface area contributed by atoms with Crippen LogP contribution < -0.4 is 5.73 Å². The average Bonchev–Trinajstić information content (AvgIpc) is 3.01. The predicted molar refractivity (Wildman–Crippen MR) is 115 cm³/mol. The molecule has 0 saturated heterocycles. The average molecular weight is 388 g/mol. The molecule has 0 bridgehead atoms. The number of anilines is 1. The van der Waals surface area contributed by atoms with Crippen LogP contribution in [0.5, 0.6) is 0 Å². The van der Waals surface area contributed by atoms with Gasteiger partial charge in [-0.05, 0) is 23.6 Å². The number of esters is 1. The molecule has 0 spiro atoms. The largest absolute Gasteiger partial charge is 0.462 e. The van der Waals surface area contributed by atoms with Crippen LogP contribution in [-0.4, -0.2) is 27.1 Å². The number of nitrogen functional groups attached to an aromatic ring is 1. The summed E-state index contributed by atoms with van der Waals surface area (Å²) < 4.78 is 7.38. The van der Waals surface area contributed by atoms with Crippen LogP contribution in [0.25, 0.3) is 22.2 Å². The van der Waals surface area contributed by atoms with E-state index in [0.29, 0.717) is 35.7 Å². The molecule has 2 N–H and O–H groups in total. The summed E-state index contributed by atoms with van der Waals surface area (Å²) in [6, 6.07) is 17.5. The predicted octanol–water partition coefficient (Wildman–Crippen LogP) is 4.42. The Balaban J connectivity index is 1.86. The van der Waals surface area contributed by atoms with Crippen molar-refractivity contribution in [1.29, 1.82) is 0 Å². The number of benzene rings is 2. The highest BCUT2D eigenvalue weighted by molar-refractivity contribution is 6.08. The summed E-state index contributed by atoms with van der Waals surface area (Å²) >= 11 is 0. The van der Waals surface area contributed by atoms with Gasteiger partial charge in [-0.25, -0.2) is 14.8 Å². The topological polar surface area (TPSA) is 83.0 Å². The Morgan fingerprint density at radius 3 is 2.41 bits per heavy atom. The van der Waals surface area contributed by atoms with Crippen LogP contribution in [0.2, 0.25) is 0 Å². The van der Waals surface area contributed by atoms with Crippen LogP contribution in [0.1, 0.15) is 36.2 Å². The second-order valence-electron chi connectivity index (χ2n) is 7.33. The number of ether oxygens (including phenoxy) is 1. The molecule has 1 atom stereocenters. The minimum absolute atomic E-state index is 0.282. The Hall–Kier alpha value is -3.41. The zero-order valence-corrected chi connectivity index (χ0v) is 16.6. The van der Waals surface area contributed by atoms with E-state index in [1.54, 1.807) is 0 Å². The fourth-order valence-corrected chi connectivity index (χ4v) is 3.25. The molecule has 29 heavy (non-hydrogen) atoms. The van der Waals surface area contributed by atoms with Gasteiger partial charge in [0.05, 0.1) is 24.2 Å². The molecular weight excluding hydrogens is 364 g/mol. The van der Waals surface area contributed by atoms with E-state index in [0.717, 1.165) is 17.5 Å². The van der Waals surface area contributed by atoms with Gasteiger partial charge < -0.3 is 15.0 Å². The van der Waals surface area contributed by atoms with Gasteiger partial charge in [-0.3, -0.25) is 0 Å². The first-order chi connectivity index (χ1) is 14.1. The number of hydrogen-bond donors (Lipinski definition) is 1. The Kier molecular flexibility index (Phi) is 5.16. The second kappa shape index (κ2) is 7.91. The lowest BCUT2D eigenvalue weighted by Crippen LogP contribution is -2.14. The Morgan fingerprint density at radius 2 is 1.72 bits per heavy atom. The van der Waals surface area contributed by atoms with Crippen LogP contribution in [-0.2, 0) is 11.3 Å². The van der Waals surface area contributed by atoms with Crippen molar-refractivity contribution in [3.63, 3.8) is 0 Å². The van der Waals surface area contributed by atoms with Gasteiger partial charge in [0.25, 0.3) is 0 Å². The first kappa shape index (κ1) is 18.9. The quantitative estimate of drug-likeness (QED) is 0.495. The second-order valence-corrected chi connectivity index (χ2v) is 7.33. The lowest BCUT2D eigenvalue weighted by molar-refractivity contribution is 0.0450. The van der Waals surface area contributed by atoms with Crippen molar-refractivity contribution >= 4 is 34.0 Å². The summed E-state index contributed by atoms with van der Waals surface area (Å²) in [7, 11) is 0. The van der Waals surface area contributed by atoms with Crippen LogP contribution in [0, 0.1) is 5.92 Å². The summed E-state index contributed by atoms with van der Waals surface area (Å²) in [5, 5.41) is 0. The van der Waals surface area contributed by atoms with E-state index in [2.05, 4.69) is 6.92 Å². The van der Waals surface area contributed by atoms with Crippen molar-refractivity contribution in [3.8, 4) is 0 Å².